The third-order valence-electron chi connectivity index (χ3n) is 6.03. The van der Waals surface area contributed by atoms with E-state index in [1.165, 1.54) is 51.7 Å². The smallest absolute Gasteiger partial charge is 0.193 e. The summed E-state index contributed by atoms with van der Waals surface area (Å²) in [7, 11) is 0. The average molecular weight is 464 g/mol. The van der Waals surface area contributed by atoms with Gasteiger partial charge in [0.25, 0.3) is 0 Å². The molecule has 1 atom stereocenters. The number of aliphatic imine (C=N–C) groups is 1. The van der Waals surface area contributed by atoms with Gasteiger partial charge in [0.2, 0.25) is 0 Å². The van der Waals surface area contributed by atoms with E-state index >= 15 is 0 Å². The maximum Gasteiger partial charge on any atom is 0.193 e. The minimum atomic E-state index is 0. The molecule has 1 N–H and O–H groups in total. The van der Waals surface area contributed by atoms with E-state index in [0.29, 0.717) is 5.41 Å². The van der Waals surface area contributed by atoms with Crippen LogP contribution >= 0.6 is 24.0 Å². The molecule has 146 valence electrons. The summed E-state index contributed by atoms with van der Waals surface area (Å²) in [5.41, 5.74) is 0.403. The number of piperidine rings is 1. The molecule has 0 amide bonds. The van der Waals surface area contributed by atoms with Crippen molar-refractivity contribution in [2.45, 2.75) is 46.0 Å². The largest absolute Gasteiger partial charge is 0.381 e. The number of hydrogen-bond acceptors (Lipinski definition) is 3. The van der Waals surface area contributed by atoms with Crippen molar-refractivity contribution in [3.8, 4) is 0 Å². The number of nitrogens with zero attached hydrogens (tertiary/aromatic N) is 3. The second-order valence-corrected chi connectivity index (χ2v) is 8.09. The van der Waals surface area contributed by atoms with Crippen LogP contribution in [-0.4, -0.2) is 74.8 Å². The Morgan fingerprint density at radius 2 is 2.04 bits per heavy atom. The molecular formula is C19H37IN4O. The van der Waals surface area contributed by atoms with Crippen LogP contribution in [-0.2, 0) is 4.74 Å². The summed E-state index contributed by atoms with van der Waals surface area (Å²) < 4.78 is 5.65. The van der Waals surface area contributed by atoms with Crippen molar-refractivity contribution in [1.29, 1.82) is 0 Å². The summed E-state index contributed by atoms with van der Waals surface area (Å²) >= 11 is 0. The molecule has 0 aliphatic carbocycles. The molecule has 0 aromatic carbocycles. The zero-order valence-corrected chi connectivity index (χ0v) is 18.5. The summed E-state index contributed by atoms with van der Waals surface area (Å²) in [6.45, 7) is 14.3. The van der Waals surface area contributed by atoms with Gasteiger partial charge in [0.1, 0.15) is 0 Å². The van der Waals surface area contributed by atoms with Gasteiger partial charge in [-0.3, -0.25) is 4.99 Å². The lowest BCUT2D eigenvalue weighted by Gasteiger charge is -2.30. The molecule has 3 heterocycles. The van der Waals surface area contributed by atoms with Gasteiger partial charge in [0, 0.05) is 38.2 Å². The highest BCUT2D eigenvalue weighted by Crippen LogP contribution is 2.38. The van der Waals surface area contributed by atoms with E-state index in [1.807, 2.05) is 0 Å². The van der Waals surface area contributed by atoms with Crippen molar-refractivity contribution in [3.63, 3.8) is 0 Å². The standard InChI is InChI=1S/C19H36N4O.HI/c1-3-20-18(23-13-7-19(15-23)8-14-24-16-19)21-9-4-10-22-11-5-17(2)6-12-22;/h17H,3-16H2,1-2H3,(H,20,21);1H. The summed E-state index contributed by atoms with van der Waals surface area (Å²) in [4.78, 5) is 9.99. The molecule has 3 saturated heterocycles. The molecular weight excluding hydrogens is 427 g/mol. The van der Waals surface area contributed by atoms with Gasteiger partial charge in [-0.2, -0.15) is 0 Å². The second kappa shape index (κ2) is 10.3. The number of ether oxygens (including phenoxy) is 1. The van der Waals surface area contributed by atoms with Crippen LogP contribution in [0.25, 0.3) is 0 Å². The molecule has 5 nitrogen and oxygen atoms in total. The predicted molar refractivity (Wildman–Crippen MR) is 115 cm³/mol. The highest BCUT2D eigenvalue weighted by atomic mass is 127. The van der Waals surface area contributed by atoms with E-state index in [4.69, 9.17) is 9.73 Å². The quantitative estimate of drug-likeness (QED) is 0.294. The van der Waals surface area contributed by atoms with Gasteiger partial charge >= 0.3 is 0 Å². The normalized spacial score (nSPS) is 28.6. The molecule has 3 aliphatic heterocycles. The lowest BCUT2D eigenvalue weighted by atomic mass is 9.87. The number of nitrogens with one attached hydrogen (secondary N) is 1. The van der Waals surface area contributed by atoms with Gasteiger partial charge in [0.15, 0.2) is 5.96 Å². The molecule has 0 radical (unpaired) electrons. The number of likely N-dealkylation sites (tertiary alicyclic amines) is 2. The van der Waals surface area contributed by atoms with Crippen molar-refractivity contribution in [2.24, 2.45) is 16.3 Å². The first kappa shape index (κ1) is 21.2. The average Bonchev–Trinajstić information content (AvgIpc) is 3.22. The van der Waals surface area contributed by atoms with Gasteiger partial charge in [-0.25, -0.2) is 0 Å². The van der Waals surface area contributed by atoms with Crippen LogP contribution in [0.1, 0.15) is 46.0 Å². The van der Waals surface area contributed by atoms with E-state index in [2.05, 4.69) is 29.0 Å². The predicted octanol–water partition coefficient (Wildman–Crippen LogP) is 2.80. The first-order valence-corrected chi connectivity index (χ1v) is 10.0. The highest BCUT2D eigenvalue weighted by Gasteiger charge is 2.42. The molecule has 3 aliphatic rings. The second-order valence-electron chi connectivity index (χ2n) is 8.09. The SMILES string of the molecule is CCNC(=NCCCN1CCC(C)CC1)N1CCC2(CCOC2)C1.I. The molecule has 1 spiro atoms. The van der Waals surface area contributed by atoms with Crippen molar-refractivity contribution < 1.29 is 4.74 Å². The Morgan fingerprint density at radius 3 is 2.72 bits per heavy atom. The molecule has 25 heavy (non-hydrogen) atoms. The van der Waals surface area contributed by atoms with Gasteiger partial charge in [-0.05, 0) is 64.6 Å². The third kappa shape index (κ3) is 5.96. The van der Waals surface area contributed by atoms with Crippen LogP contribution in [0.2, 0.25) is 0 Å². The Morgan fingerprint density at radius 1 is 1.24 bits per heavy atom. The van der Waals surface area contributed by atoms with E-state index in [0.717, 1.165) is 51.3 Å². The summed E-state index contributed by atoms with van der Waals surface area (Å²) in [6.07, 6.45) is 6.37. The van der Waals surface area contributed by atoms with Crippen LogP contribution in [0.5, 0.6) is 0 Å². The number of guanidine groups is 1. The minimum Gasteiger partial charge on any atom is -0.381 e. The van der Waals surface area contributed by atoms with Crippen molar-refractivity contribution >= 4 is 29.9 Å². The Hall–Kier alpha value is -0.0800. The van der Waals surface area contributed by atoms with E-state index in [-0.39, 0.29) is 24.0 Å². The first-order chi connectivity index (χ1) is 11.7. The molecule has 3 rings (SSSR count). The summed E-state index contributed by atoms with van der Waals surface area (Å²) in [5, 5.41) is 3.50. The molecule has 0 aromatic rings. The molecule has 3 fully saturated rings. The number of rotatable bonds is 5. The van der Waals surface area contributed by atoms with E-state index < -0.39 is 0 Å². The van der Waals surface area contributed by atoms with Gasteiger partial charge in [-0.1, -0.05) is 6.92 Å². The molecule has 0 bridgehead atoms. The van der Waals surface area contributed by atoms with Crippen molar-refractivity contribution in [1.82, 2.24) is 15.1 Å². The Bertz CT molecular complexity index is 418. The van der Waals surface area contributed by atoms with Crippen molar-refractivity contribution in [3.05, 3.63) is 0 Å². The van der Waals surface area contributed by atoms with Crippen molar-refractivity contribution in [2.75, 3.05) is 59.0 Å². The zero-order valence-electron chi connectivity index (χ0n) is 16.1. The Kier molecular flexibility index (Phi) is 8.75. The molecule has 0 aromatic heterocycles. The first-order valence-electron chi connectivity index (χ1n) is 10.0. The lowest BCUT2D eigenvalue weighted by molar-refractivity contribution is 0.156. The monoisotopic (exact) mass is 464 g/mol. The van der Waals surface area contributed by atoms with Gasteiger partial charge in [0.05, 0.1) is 6.61 Å². The Balaban J connectivity index is 0.00000225. The summed E-state index contributed by atoms with van der Waals surface area (Å²) in [5.74, 6) is 2.04. The molecule has 6 heteroatoms. The number of hydrogen-bond donors (Lipinski definition) is 1. The number of halogens is 1. The minimum absolute atomic E-state index is 0. The molecule has 1 unspecified atom stereocenters. The fourth-order valence-electron chi connectivity index (χ4n) is 4.28. The lowest BCUT2D eigenvalue weighted by Crippen LogP contribution is -2.41. The maximum absolute atomic E-state index is 5.65. The fourth-order valence-corrected chi connectivity index (χ4v) is 4.28. The van der Waals surface area contributed by atoms with Crippen LogP contribution < -0.4 is 5.32 Å². The van der Waals surface area contributed by atoms with Gasteiger partial charge < -0.3 is 19.9 Å². The van der Waals surface area contributed by atoms with Crippen LogP contribution in [0.15, 0.2) is 4.99 Å². The third-order valence-corrected chi connectivity index (χ3v) is 6.03. The van der Waals surface area contributed by atoms with E-state index in [9.17, 15) is 0 Å². The van der Waals surface area contributed by atoms with E-state index in [1.54, 1.807) is 0 Å². The van der Waals surface area contributed by atoms with Crippen LogP contribution in [0, 0.1) is 11.3 Å². The van der Waals surface area contributed by atoms with Crippen LogP contribution in [0.3, 0.4) is 0 Å². The fraction of sp³-hybridized carbons (Fsp3) is 0.947. The molecule has 0 saturated carbocycles. The zero-order chi connectivity index (χ0) is 16.8. The van der Waals surface area contributed by atoms with Crippen LogP contribution in [0.4, 0.5) is 0 Å². The van der Waals surface area contributed by atoms with Gasteiger partial charge in [-0.15, -0.1) is 24.0 Å². The Labute approximate surface area is 171 Å². The maximum atomic E-state index is 5.65. The summed E-state index contributed by atoms with van der Waals surface area (Å²) in [6, 6.07) is 0. The highest BCUT2D eigenvalue weighted by molar-refractivity contribution is 14.0. The topological polar surface area (TPSA) is 40.1 Å².